The van der Waals surface area contributed by atoms with Gasteiger partial charge in [0, 0.05) is 20.0 Å². The SMILES string of the molecule is CCCCN(C)C(=O)CC1(C)CC2C=CC1C2. The average molecular weight is 235 g/mol. The first-order valence-corrected chi connectivity index (χ1v) is 6.97. The van der Waals surface area contributed by atoms with Gasteiger partial charge in [0.25, 0.3) is 0 Å². The van der Waals surface area contributed by atoms with Crippen molar-refractivity contribution in [2.45, 2.75) is 46.0 Å². The summed E-state index contributed by atoms with van der Waals surface area (Å²) in [5, 5.41) is 0. The summed E-state index contributed by atoms with van der Waals surface area (Å²) in [4.78, 5) is 14.1. The van der Waals surface area contributed by atoms with E-state index in [1.807, 2.05) is 11.9 Å². The molecule has 2 aliphatic rings. The molecular formula is C15H25NO. The highest BCUT2D eigenvalue weighted by atomic mass is 16.2. The van der Waals surface area contributed by atoms with Gasteiger partial charge in [0.2, 0.25) is 5.91 Å². The number of hydrogen-bond donors (Lipinski definition) is 0. The number of unbranched alkanes of at least 4 members (excludes halogenated alkanes) is 1. The molecule has 0 aliphatic heterocycles. The molecule has 0 aromatic carbocycles. The van der Waals surface area contributed by atoms with E-state index in [0.29, 0.717) is 11.8 Å². The maximum absolute atomic E-state index is 12.2. The molecule has 0 aromatic rings. The fourth-order valence-electron chi connectivity index (χ4n) is 3.40. The Morgan fingerprint density at radius 3 is 2.76 bits per heavy atom. The summed E-state index contributed by atoms with van der Waals surface area (Å²) in [6.45, 7) is 5.38. The lowest BCUT2D eigenvalue weighted by Crippen LogP contribution is -2.34. The van der Waals surface area contributed by atoms with Crippen LogP contribution >= 0.6 is 0 Å². The maximum Gasteiger partial charge on any atom is 0.222 e. The zero-order valence-corrected chi connectivity index (χ0v) is 11.4. The van der Waals surface area contributed by atoms with Gasteiger partial charge in [-0.25, -0.2) is 0 Å². The molecule has 0 heterocycles. The Hall–Kier alpha value is -0.790. The van der Waals surface area contributed by atoms with Crippen molar-refractivity contribution in [3.05, 3.63) is 12.2 Å². The van der Waals surface area contributed by atoms with Crippen molar-refractivity contribution >= 4 is 5.91 Å². The van der Waals surface area contributed by atoms with Gasteiger partial charge in [-0.15, -0.1) is 0 Å². The normalized spacial score (nSPS) is 34.3. The van der Waals surface area contributed by atoms with Crippen LogP contribution in [-0.4, -0.2) is 24.4 Å². The highest BCUT2D eigenvalue weighted by Gasteiger charge is 2.46. The Bertz CT molecular complexity index is 323. The zero-order valence-electron chi connectivity index (χ0n) is 11.4. The molecular weight excluding hydrogens is 210 g/mol. The topological polar surface area (TPSA) is 20.3 Å². The van der Waals surface area contributed by atoms with Gasteiger partial charge in [0.1, 0.15) is 0 Å². The molecule has 3 unspecified atom stereocenters. The second kappa shape index (κ2) is 4.83. The molecule has 2 rings (SSSR count). The molecule has 2 bridgehead atoms. The van der Waals surface area contributed by atoms with E-state index in [4.69, 9.17) is 0 Å². The predicted octanol–water partition coefficient (Wildman–Crippen LogP) is 3.24. The predicted molar refractivity (Wildman–Crippen MR) is 70.6 cm³/mol. The first kappa shape index (κ1) is 12.7. The van der Waals surface area contributed by atoms with Crippen molar-refractivity contribution in [1.29, 1.82) is 0 Å². The molecule has 1 fully saturated rings. The van der Waals surface area contributed by atoms with Crippen LogP contribution in [0.5, 0.6) is 0 Å². The molecule has 1 amide bonds. The number of carbonyl (C=O) groups excluding carboxylic acids is 1. The number of rotatable bonds is 5. The van der Waals surface area contributed by atoms with Crippen LogP contribution in [0.15, 0.2) is 12.2 Å². The third kappa shape index (κ3) is 2.56. The van der Waals surface area contributed by atoms with E-state index in [2.05, 4.69) is 26.0 Å². The molecule has 0 spiro atoms. The summed E-state index contributed by atoms with van der Waals surface area (Å²) < 4.78 is 0. The first-order valence-electron chi connectivity index (χ1n) is 6.97. The van der Waals surface area contributed by atoms with Gasteiger partial charge in [0.15, 0.2) is 0 Å². The highest BCUT2D eigenvalue weighted by Crippen LogP contribution is 2.53. The molecule has 0 saturated heterocycles. The van der Waals surface area contributed by atoms with Crippen LogP contribution in [0, 0.1) is 17.3 Å². The second-order valence-electron chi connectivity index (χ2n) is 6.19. The smallest absolute Gasteiger partial charge is 0.222 e. The minimum absolute atomic E-state index is 0.233. The summed E-state index contributed by atoms with van der Waals surface area (Å²) in [5.41, 5.74) is 0.233. The molecule has 96 valence electrons. The van der Waals surface area contributed by atoms with E-state index in [0.717, 1.165) is 31.7 Å². The lowest BCUT2D eigenvalue weighted by molar-refractivity contribution is -0.132. The van der Waals surface area contributed by atoms with Gasteiger partial charge in [0.05, 0.1) is 0 Å². The molecule has 0 aromatic heterocycles. The Balaban J connectivity index is 1.88. The van der Waals surface area contributed by atoms with Crippen molar-refractivity contribution in [2.75, 3.05) is 13.6 Å². The van der Waals surface area contributed by atoms with E-state index in [-0.39, 0.29) is 5.41 Å². The number of fused-ring (bicyclic) bond motifs is 2. The van der Waals surface area contributed by atoms with Crippen LogP contribution < -0.4 is 0 Å². The third-order valence-electron chi connectivity index (χ3n) is 4.62. The lowest BCUT2D eigenvalue weighted by Gasteiger charge is -2.32. The van der Waals surface area contributed by atoms with Gasteiger partial charge in [-0.05, 0) is 36.5 Å². The van der Waals surface area contributed by atoms with E-state index in [1.165, 1.54) is 12.8 Å². The van der Waals surface area contributed by atoms with Crippen LogP contribution in [-0.2, 0) is 4.79 Å². The van der Waals surface area contributed by atoms with Crippen molar-refractivity contribution in [1.82, 2.24) is 4.90 Å². The highest BCUT2D eigenvalue weighted by molar-refractivity contribution is 5.76. The van der Waals surface area contributed by atoms with Gasteiger partial charge in [-0.2, -0.15) is 0 Å². The molecule has 2 nitrogen and oxygen atoms in total. The molecule has 2 aliphatic carbocycles. The van der Waals surface area contributed by atoms with Crippen LogP contribution in [0.1, 0.15) is 46.0 Å². The minimum atomic E-state index is 0.233. The summed E-state index contributed by atoms with van der Waals surface area (Å²) >= 11 is 0. The Morgan fingerprint density at radius 2 is 2.24 bits per heavy atom. The monoisotopic (exact) mass is 235 g/mol. The molecule has 3 atom stereocenters. The summed E-state index contributed by atoms with van der Waals surface area (Å²) in [6, 6.07) is 0. The average Bonchev–Trinajstić information content (AvgIpc) is 2.84. The Kier molecular flexibility index (Phi) is 3.60. The number of carbonyl (C=O) groups is 1. The third-order valence-corrected chi connectivity index (χ3v) is 4.62. The number of amides is 1. The molecule has 0 N–H and O–H groups in total. The largest absolute Gasteiger partial charge is 0.346 e. The van der Waals surface area contributed by atoms with Crippen LogP contribution in [0.2, 0.25) is 0 Å². The number of allylic oxidation sites excluding steroid dienone is 2. The quantitative estimate of drug-likeness (QED) is 0.670. The van der Waals surface area contributed by atoms with E-state index >= 15 is 0 Å². The van der Waals surface area contributed by atoms with Crippen molar-refractivity contribution in [3.63, 3.8) is 0 Å². The van der Waals surface area contributed by atoms with E-state index < -0.39 is 0 Å². The molecule has 2 heteroatoms. The lowest BCUT2D eigenvalue weighted by atomic mass is 9.75. The Morgan fingerprint density at radius 1 is 1.47 bits per heavy atom. The van der Waals surface area contributed by atoms with Gasteiger partial charge >= 0.3 is 0 Å². The van der Waals surface area contributed by atoms with Gasteiger partial charge in [-0.1, -0.05) is 32.4 Å². The van der Waals surface area contributed by atoms with Gasteiger partial charge in [-0.3, -0.25) is 4.79 Å². The summed E-state index contributed by atoms with van der Waals surface area (Å²) in [6.07, 6.45) is 10.2. The zero-order chi connectivity index (χ0) is 12.5. The van der Waals surface area contributed by atoms with Crippen LogP contribution in [0.25, 0.3) is 0 Å². The summed E-state index contributed by atoms with van der Waals surface area (Å²) in [7, 11) is 1.95. The van der Waals surface area contributed by atoms with Crippen molar-refractivity contribution < 1.29 is 4.79 Å². The van der Waals surface area contributed by atoms with Crippen molar-refractivity contribution in [2.24, 2.45) is 17.3 Å². The molecule has 0 radical (unpaired) electrons. The fraction of sp³-hybridized carbons (Fsp3) is 0.800. The van der Waals surface area contributed by atoms with Crippen LogP contribution in [0.4, 0.5) is 0 Å². The fourth-order valence-corrected chi connectivity index (χ4v) is 3.40. The van der Waals surface area contributed by atoms with Crippen LogP contribution in [0.3, 0.4) is 0 Å². The number of hydrogen-bond acceptors (Lipinski definition) is 1. The second-order valence-corrected chi connectivity index (χ2v) is 6.19. The molecule has 1 saturated carbocycles. The van der Waals surface area contributed by atoms with Gasteiger partial charge < -0.3 is 4.90 Å². The maximum atomic E-state index is 12.2. The standard InChI is InChI=1S/C15H25NO/c1-4-5-8-16(3)14(17)11-15(2)10-12-6-7-13(15)9-12/h6-7,12-13H,4-5,8-11H2,1-3H3. The van der Waals surface area contributed by atoms with E-state index in [9.17, 15) is 4.79 Å². The van der Waals surface area contributed by atoms with E-state index in [1.54, 1.807) is 0 Å². The number of nitrogens with zero attached hydrogens (tertiary/aromatic N) is 1. The molecule has 17 heavy (non-hydrogen) atoms. The van der Waals surface area contributed by atoms with Crippen molar-refractivity contribution in [3.8, 4) is 0 Å². The Labute approximate surface area is 105 Å². The first-order chi connectivity index (χ1) is 8.05. The summed E-state index contributed by atoms with van der Waals surface area (Å²) in [5.74, 6) is 1.73. The minimum Gasteiger partial charge on any atom is -0.346 e.